The van der Waals surface area contributed by atoms with E-state index < -0.39 is 0 Å². The smallest absolute Gasteiger partial charge is 0.120 e. The molecule has 0 aromatic heterocycles. The van der Waals surface area contributed by atoms with E-state index in [9.17, 15) is 0 Å². The van der Waals surface area contributed by atoms with Crippen LogP contribution in [0.4, 0.5) is 0 Å². The summed E-state index contributed by atoms with van der Waals surface area (Å²) >= 11 is 0. The van der Waals surface area contributed by atoms with Crippen molar-refractivity contribution in [2.24, 2.45) is 5.92 Å². The summed E-state index contributed by atoms with van der Waals surface area (Å²) in [5, 5.41) is 0. The van der Waals surface area contributed by atoms with Gasteiger partial charge in [0.1, 0.15) is 5.75 Å². The normalized spacial score (nSPS) is 10.4. The van der Waals surface area contributed by atoms with Crippen LogP contribution in [0.15, 0.2) is 24.8 Å². The summed E-state index contributed by atoms with van der Waals surface area (Å²) in [5.41, 5.74) is 2.43. The Bertz CT molecular complexity index is 326. The Morgan fingerprint density at radius 1 is 1.33 bits per heavy atom. The van der Waals surface area contributed by atoms with Gasteiger partial charge in [0, 0.05) is 0 Å². The molecule has 0 bridgehead atoms. The second kappa shape index (κ2) is 5.59. The van der Waals surface area contributed by atoms with E-state index in [4.69, 9.17) is 4.74 Å². The summed E-state index contributed by atoms with van der Waals surface area (Å²) in [5.74, 6) is 1.51. The zero-order chi connectivity index (χ0) is 11.3. The van der Waals surface area contributed by atoms with Gasteiger partial charge in [0.15, 0.2) is 0 Å². The van der Waals surface area contributed by atoms with Crippen LogP contribution in [0.25, 0.3) is 6.08 Å². The Labute approximate surface area is 92.8 Å². The van der Waals surface area contributed by atoms with Crippen molar-refractivity contribution in [2.75, 3.05) is 6.61 Å². The maximum Gasteiger partial charge on any atom is 0.120 e. The van der Waals surface area contributed by atoms with Gasteiger partial charge in [-0.1, -0.05) is 39.5 Å². The average molecular weight is 204 g/mol. The van der Waals surface area contributed by atoms with E-state index in [0.29, 0.717) is 5.92 Å². The second-order valence-corrected chi connectivity index (χ2v) is 4.17. The average Bonchev–Trinajstić information content (AvgIpc) is 2.25. The standard InChI is InChI=1S/C14H20O/c1-5-12-7-13(6-2)9-14(8-12)15-10-11(3)4/h5,7-9,11H,1,6,10H2,2-4H3. The molecule has 1 nitrogen and oxygen atoms in total. The van der Waals surface area contributed by atoms with Gasteiger partial charge >= 0.3 is 0 Å². The van der Waals surface area contributed by atoms with E-state index in [1.807, 2.05) is 12.1 Å². The fraction of sp³-hybridized carbons (Fsp3) is 0.429. The molecule has 1 aromatic carbocycles. The molecular formula is C14H20O. The zero-order valence-electron chi connectivity index (χ0n) is 9.92. The highest BCUT2D eigenvalue weighted by molar-refractivity contribution is 5.51. The van der Waals surface area contributed by atoms with Crippen LogP contribution in [-0.2, 0) is 6.42 Å². The van der Waals surface area contributed by atoms with Gasteiger partial charge in [0.2, 0.25) is 0 Å². The first-order valence-electron chi connectivity index (χ1n) is 5.55. The highest BCUT2D eigenvalue weighted by atomic mass is 16.5. The number of benzene rings is 1. The molecule has 0 aliphatic rings. The first-order chi connectivity index (χ1) is 7.15. The molecule has 0 fully saturated rings. The molecule has 0 radical (unpaired) electrons. The lowest BCUT2D eigenvalue weighted by Gasteiger charge is -2.10. The van der Waals surface area contributed by atoms with Crippen molar-refractivity contribution < 1.29 is 4.74 Å². The van der Waals surface area contributed by atoms with Crippen molar-refractivity contribution in [3.05, 3.63) is 35.9 Å². The minimum Gasteiger partial charge on any atom is -0.493 e. The Morgan fingerprint density at radius 2 is 2.07 bits per heavy atom. The van der Waals surface area contributed by atoms with Gasteiger partial charge in [-0.05, 0) is 35.6 Å². The molecule has 0 atom stereocenters. The van der Waals surface area contributed by atoms with Gasteiger partial charge < -0.3 is 4.74 Å². The summed E-state index contributed by atoms with van der Waals surface area (Å²) in [4.78, 5) is 0. The van der Waals surface area contributed by atoms with Gasteiger partial charge in [0.25, 0.3) is 0 Å². The summed E-state index contributed by atoms with van der Waals surface area (Å²) in [6.07, 6.45) is 2.89. The highest BCUT2D eigenvalue weighted by Crippen LogP contribution is 2.19. The minimum atomic E-state index is 0.558. The summed E-state index contributed by atoms with van der Waals surface area (Å²) in [6, 6.07) is 6.29. The Morgan fingerprint density at radius 3 is 2.60 bits per heavy atom. The molecule has 0 aliphatic heterocycles. The van der Waals surface area contributed by atoms with Crippen molar-refractivity contribution in [1.82, 2.24) is 0 Å². The molecule has 0 N–H and O–H groups in total. The fourth-order valence-corrected chi connectivity index (χ4v) is 1.35. The molecule has 0 saturated carbocycles. The van der Waals surface area contributed by atoms with E-state index in [1.165, 1.54) is 5.56 Å². The number of hydrogen-bond acceptors (Lipinski definition) is 1. The van der Waals surface area contributed by atoms with Crippen LogP contribution >= 0.6 is 0 Å². The molecular weight excluding hydrogens is 184 g/mol. The predicted molar refractivity (Wildman–Crippen MR) is 66.2 cm³/mol. The van der Waals surface area contributed by atoms with Crippen LogP contribution in [-0.4, -0.2) is 6.61 Å². The fourth-order valence-electron chi connectivity index (χ4n) is 1.35. The number of hydrogen-bond donors (Lipinski definition) is 0. The summed E-state index contributed by atoms with van der Waals surface area (Å²) in [6.45, 7) is 11.0. The van der Waals surface area contributed by atoms with Crippen molar-refractivity contribution in [1.29, 1.82) is 0 Å². The van der Waals surface area contributed by atoms with Crippen molar-refractivity contribution in [3.63, 3.8) is 0 Å². The lowest BCUT2D eigenvalue weighted by molar-refractivity contribution is 0.271. The van der Waals surface area contributed by atoms with Crippen LogP contribution in [0.2, 0.25) is 0 Å². The van der Waals surface area contributed by atoms with E-state index in [0.717, 1.165) is 24.3 Å². The zero-order valence-corrected chi connectivity index (χ0v) is 9.92. The Kier molecular flexibility index (Phi) is 4.41. The van der Waals surface area contributed by atoms with E-state index in [-0.39, 0.29) is 0 Å². The molecule has 0 aliphatic carbocycles. The first-order valence-corrected chi connectivity index (χ1v) is 5.55. The lowest BCUT2D eigenvalue weighted by atomic mass is 10.1. The molecule has 0 spiro atoms. The van der Waals surface area contributed by atoms with Crippen molar-refractivity contribution in [3.8, 4) is 5.75 Å². The number of ether oxygens (including phenoxy) is 1. The maximum absolute atomic E-state index is 5.70. The van der Waals surface area contributed by atoms with Crippen LogP contribution in [0.3, 0.4) is 0 Å². The van der Waals surface area contributed by atoms with Gasteiger partial charge in [0.05, 0.1) is 6.61 Å². The second-order valence-electron chi connectivity index (χ2n) is 4.17. The minimum absolute atomic E-state index is 0.558. The van der Waals surface area contributed by atoms with Gasteiger partial charge in [-0.15, -0.1) is 0 Å². The monoisotopic (exact) mass is 204 g/mol. The van der Waals surface area contributed by atoms with Crippen LogP contribution in [0, 0.1) is 5.92 Å². The molecule has 1 aromatic rings. The summed E-state index contributed by atoms with van der Waals surface area (Å²) in [7, 11) is 0. The molecule has 0 heterocycles. The van der Waals surface area contributed by atoms with Crippen molar-refractivity contribution in [2.45, 2.75) is 27.2 Å². The first kappa shape index (κ1) is 11.8. The van der Waals surface area contributed by atoms with Gasteiger partial charge in [-0.2, -0.15) is 0 Å². The molecule has 0 amide bonds. The molecule has 1 rings (SSSR count). The van der Waals surface area contributed by atoms with Gasteiger partial charge in [-0.3, -0.25) is 0 Å². The SMILES string of the molecule is C=Cc1cc(CC)cc(OCC(C)C)c1. The van der Waals surface area contributed by atoms with Crippen molar-refractivity contribution >= 4 is 6.08 Å². The topological polar surface area (TPSA) is 9.23 Å². The largest absolute Gasteiger partial charge is 0.493 e. The van der Waals surface area contributed by atoms with E-state index >= 15 is 0 Å². The highest BCUT2D eigenvalue weighted by Gasteiger charge is 2.00. The third-order valence-corrected chi connectivity index (χ3v) is 2.22. The van der Waals surface area contributed by atoms with E-state index in [1.54, 1.807) is 0 Å². The Balaban J connectivity index is 2.82. The number of rotatable bonds is 5. The third kappa shape index (κ3) is 3.78. The van der Waals surface area contributed by atoms with Gasteiger partial charge in [-0.25, -0.2) is 0 Å². The van der Waals surface area contributed by atoms with E-state index in [2.05, 4.69) is 39.5 Å². The lowest BCUT2D eigenvalue weighted by Crippen LogP contribution is -2.04. The molecule has 0 unspecified atom stereocenters. The van der Waals surface area contributed by atoms with Crippen LogP contribution in [0.1, 0.15) is 31.9 Å². The van der Waals surface area contributed by atoms with Crippen LogP contribution in [0.5, 0.6) is 5.75 Å². The number of aryl methyl sites for hydroxylation is 1. The molecule has 82 valence electrons. The Hall–Kier alpha value is -1.24. The molecule has 1 heteroatoms. The molecule has 15 heavy (non-hydrogen) atoms. The quantitative estimate of drug-likeness (QED) is 0.706. The van der Waals surface area contributed by atoms with Crippen LogP contribution < -0.4 is 4.74 Å². The third-order valence-electron chi connectivity index (χ3n) is 2.22. The molecule has 0 saturated heterocycles. The maximum atomic E-state index is 5.70. The predicted octanol–water partition coefficient (Wildman–Crippen LogP) is 3.93. The summed E-state index contributed by atoms with van der Waals surface area (Å²) < 4.78 is 5.70.